The Balaban J connectivity index is 2.30. The smallest absolute Gasteiger partial charge is 0.317 e. The number of hydrogen-bond donors (Lipinski definition) is 1. The first-order valence-corrected chi connectivity index (χ1v) is 5.41. The summed E-state index contributed by atoms with van der Waals surface area (Å²) >= 11 is 0. The van der Waals surface area contributed by atoms with Crippen LogP contribution in [0.25, 0.3) is 0 Å². The molecular formula is C10H19F3N2. The molecule has 1 rings (SSSR count). The molecule has 90 valence electrons. The number of alkyl halides is 3. The van der Waals surface area contributed by atoms with Crippen molar-refractivity contribution in [3.05, 3.63) is 0 Å². The Morgan fingerprint density at radius 3 is 2.40 bits per heavy atom. The van der Waals surface area contributed by atoms with Crippen LogP contribution in [0, 0.1) is 5.92 Å². The normalized spacial score (nSPS) is 26.8. The fourth-order valence-corrected chi connectivity index (χ4v) is 2.10. The molecule has 2 unspecified atom stereocenters. The van der Waals surface area contributed by atoms with Crippen molar-refractivity contribution in [2.24, 2.45) is 5.92 Å². The van der Waals surface area contributed by atoms with Crippen molar-refractivity contribution in [3.63, 3.8) is 0 Å². The molecule has 15 heavy (non-hydrogen) atoms. The van der Waals surface area contributed by atoms with Crippen molar-refractivity contribution >= 4 is 0 Å². The van der Waals surface area contributed by atoms with Gasteiger partial charge in [0, 0.05) is 6.04 Å². The lowest BCUT2D eigenvalue weighted by molar-refractivity contribution is -0.153. The van der Waals surface area contributed by atoms with E-state index in [2.05, 4.69) is 5.32 Å². The Morgan fingerprint density at radius 2 is 2.00 bits per heavy atom. The Bertz CT molecular complexity index is 194. The second kappa shape index (κ2) is 5.16. The molecule has 0 radical (unpaired) electrons. The fourth-order valence-electron chi connectivity index (χ4n) is 2.10. The molecule has 0 saturated heterocycles. The second-order valence-electron chi connectivity index (χ2n) is 4.24. The van der Waals surface area contributed by atoms with Crippen LogP contribution < -0.4 is 5.32 Å². The molecule has 0 aromatic carbocycles. The predicted molar refractivity (Wildman–Crippen MR) is 53.7 cm³/mol. The molecular weight excluding hydrogens is 205 g/mol. The Morgan fingerprint density at radius 1 is 1.33 bits per heavy atom. The Hall–Kier alpha value is -0.290. The lowest BCUT2D eigenvalue weighted by atomic mass is 9.78. The van der Waals surface area contributed by atoms with Crippen LogP contribution in [0.3, 0.4) is 0 Å². The lowest BCUT2D eigenvalue weighted by Crippen LogP contribution is -2.51. The minimum absolute atomic E-state index is 0.102. The molecule has 1 N–H and O–H groups in total. The molecule has 2 atom stereocenters. The van der Waals surface area contributed by atoms with E-state index in [9.17, 15) is 13.2 Å². The SMILES string of the molecule is CCNCC1CCC1N(C)CC(F)(F)F. The van der Waals surface area contributed by atoms with Crippen LogP contribution >= 0.6 is 0 Å². The molecule has 1 aliphatic carbocycles. The molecule has 0 amide bonds. The van der Waals surface area contributed by atoms with Gasteiger partial charge in [0.05, 0.1) is 6.54 Å². The first-order valence-electron chi connectivity index (χ1n) is 5.41. The zero-order valence-corrected chi connectivity index (χ0v) is 9.27. The highest BCUT2D eigenvalue weighted by Gasteiger charge is 2.38. The van der Waals surface area contributed by atoms with E-state index in [1.165, 1.54) is 4.90 Å². The van der Waals surface area contributed by atoms with Gasteiger partial charge in [-0.1, -0.05) is 6.92 Å². The standard InChI is InChI=1S/C10H19F3N2/c1-3-14-6-8-4-5-9(8)15(2)7-10(11,12)13/h8-9,14H,3-7H2,1-2H3. The summed E-state index contributed by atoms with van der Waals surface area (Å²) in [5, 5.41) is 3.19. The van der Waals surface area contributed by atoms with Gasteiger partial charge in [-0.05, 0) is 38.9 Å². The minimum atomic E-state index is -4.08. The molecule has 0 aliphatic heterocycles. The summed E-state index contributed by atoms with van der Waals surface area (Å²) in [6.45, 7) is 2.93. The van der Waals surface area contributed by atoms with Gasteiger partial charge in [0.2, 0.25) is 0 Å². The fraction of sp³-hybridized carbons (Fsp3) is 1.00. The molecule has 1 fully saturated rings. The maximum Gasteiger partial charge on any atom is 0.401 e. The zero-order valence-electron chi connectivity index (χ0n) is 9.27. The summed E-state index contributed by atoms with van der Waals surface area (Å²) in [5.74, 6) is 0.386. The van der Waals surface area contributed by atoms with Crippen LogP contribution in [0.4, 0.5) is 13.2 Å². The van der Waals surface area contributed by atoms with E-state index in [1.807, 2.05) is 6.92 Å². The van der Waals surface area contributed by atoms with Crippen molar-refractivity contribution in [2.75, 3.05) is 26.7 Å². The maximum atomic E-state index is 12.1. The Labute approximate surface area is 88.8 Å². The number of rotatable bonds is 5. The second-order valence-corrected chi connectivity index (χ2v) is 4.24. The van der Waals surface area contributed by atoms with Crippen molar-refractivity contribution in [1.29, 1.82) is 0 Å². The van der Waals surface area contributed by atoms with Gasteiger partial charge in [-0.25, -0.2) is 0 Å². The highest BCUT2D eigenvalue weighted by Crippen LogP contribution is 2.32. The maximum absolute atomic E-state index is 12.1. The van der Waals surface area contributed by atoms with E-state index in [0.29, 0.717) is 5.92 Å². The average molecular weight is 224 g/mol. The molecule has 0 aromatic heterocycles. The van der Waals surface area contributed by atoms with Crippen LogP contribution in [0.5, 0.6) is 0 Å². The van der Waals surface area contributed by atoms with Crippen LogP contribution in [0.1, 0.15) is 19.8 Å². The van der Waals surface area contributed by atoms with E-state index in [1.54, 1.807) is 7.05 Å². The van der Waals surface area contributed by atoms with Gasteiger partial charge >= 0.3 is 6.18 Å². The highest BCUT2D eigenvalue weighted by molar-refractivity contribution is 4.89. The molecule has 0 aromatic rings. The Kier molecular flexibility index (Phi) is 4.40. The molecule has 0 heterocycles. The van der Waals surface area contributed by atoms with Crippen LogP contribution in [-0.2, 0) is 0 Å². The van der Waals surface area contributed by atoms with Gasteiger partial charge in [-0.15, -0.1) is 0 Å². The topological polar surface area (TPSA) is 15.3 Å². The molecule has 1 saturated carbocycles. The number of nitrogens with zero attached hydrogens (tertiary/aromatic N) is 1. The van der Waals surface area contributed by atoms with Crippen molar-refractivity contribution in [1.82, 2.24) is 10.2 Å². The van der Waals surface area contributed by atoms with Crippen LogP contribution in [0.2, 0.25) is 0 Å². The van der Waals surface area contributed by atoms with Gasteiger partial charge in [0.25, 0.3) is 0 Å². The van der Waals surface area contributed by atoms with E-state index in [4.69, 9.17) is 0 Å². The summed E-state index contributed by atoms with van der Waals surface area (Å²) < 4.78 is 36.4. The third-order valence-corrected chi connectivity index (χ3v) is 3.03. The summed E-state index contributed by atoms with van der Waals surface area (Å²) in [5.41, 5.74) is 0. The average Bonchev–Trinajstić information content (AvgIpc) is 1.98. The van der Waals surface area contributed by atoms with Crippen LogP contribution in [0.15, 0.2) is 0 Å². The summed E-state index contributed by atoms with van der Waals surface area (Å²) in [4.78, 5) is 1.44. The minimum Gasteiger partial charge on any atom is -0.317 e. The number of halogens is 3. The first-order chi connectivity index (χ1) is 6.94. The summed E-state index contributed by atoms with van der Waals surface area (Å²) in [6.07, 6.45) is -2.14. The van der Waals surface area contributed by atoms with Crippen molar-refractivity contribution < 1.29 is 13.2 Å². The van der Waals surface area contributed by atoms with Crippen molar-refractivity contribution in [3.8, 4) is 0 Å². The quantitative estimate of drug-likeness (QED) is 0.767. The number of hydrogen-bond acceptors (Lipinski definition) is 2. The van der Waals surface area contributed by atoms with E-state index < -0.39 is 12.7 Å². The monoisotopic (exact) mass is 224 g/mol. The summed E-state index contributed by atoms with van der Waals surface area (Å²) in [6, 6.07) is 0.102. The van der Waals surface area contributed by atoms with Gasteiger partial charge in [0.1, 0.15) is 0 Å². The molecule has 0 bridgehead atoms. The third-order valence-electron chi connectivity index (χ3n) is 3.03. The van der Waals surface area contributed by atoms with Gasteiger partial charge in [0.15, 0.2) is 0 Å². The first kappa shape index (κ1) is 12.8. The van der Waals surface area contributed by atoms with Gasteiger partial charge in [-0.3, -0.25) is 4.90 Å². The zero-order chi connectivity index (χ0) is 11.5. The largest absolute Gasteiger partial charge is 0.401 e. The molecule has 1 aliphatic rings. The van der Waals surface area contributed by atoms with Crippen LogP contribution in [-0.4, -0.2) is 43.8 Å². The lowest BCUT2D eigenvalue weighted by Gasteiger charge is -2.43. The number of nitrogens with one attached hydrogen (secondary N) is 1. The van der Waals surface area contributed by atoms with Gasteiger partial charge < -0.3 is 5.32 Å². The molecule has 2 nitrogen and oxygen atoms in total. The van der Waals surface area contributed by atoms with E-state index >= 15 is 0 Å². The highest BCUT2D eigenvalue weighted by atomic mass is 19.4. The predicted octanol–water partition coefficient (Wildman–Crippen LogP) is 1.87. The molecule has 5 heteroatoms. The van der Waals surface area contributed by atoms with Gasteiger partial charge in [-0.2, -0.15) is 13.2 Å². The summed E-state index contributed by atoms with van der Waals surface area (Å²) in [7, 11) is 1.57. The third kappa shape index (κ3) is 3.99. The molecule has 0 spiro atoms. The van der Waals surface area contributed by atoms with Crippen molar-refractivity contribution in [2.45, 2.75) is 32.0 Å². The van der Waals surface area contributed by atoms with E-state index in [-0.39, 0.29) is 6.04 Å². The van der Waals surface area contributed by atoms with E-state index in [0.717, 1.165) is 25.9 Å².